The van der Waals surface area contributed by atoms with Crippen molar-refractivity contribution in [3.05, 3.63) is 24.1 Å². The van der Waals surface area contributed by atoms with Gasteiger partial charge in [0.05, 0.1) is 0 Å². The quantitative estimate of drug-likeness (QED) is 0.528. The van der Waals surface area contributed by atoms with Gasteiger partial charge in [0.2, 0.25) is 0 Å². The third-order valence-corrected chi connectivity index (χ3v) is 1.25. The molecular formula is C7H11NO. The fraction of sp³-hybridized carbons (Fsp3) is 0.429. The zero-order valence-corrected chi connectivity index (χ0v) is 5.61. The lowest BCUT2D eigenvalue weighted by Gasteiger charge is -2.15. The van der Waals surface area contributed by atoms with E-state index in [-0.39, 0.29) is 0 Å². The minimum Gasteiger partial charge on any atom is -0.475 e. The van der Waals surface area contributed by atoms with Crippen molar-refractivity contribution >= 4 is 0 Å². The van der Waals surface area contributed by atoms with E-state index in [1.165, 1.54) is 0 Å². The molecule has 0 fully saturated rings. The van der Waals surface area contributed by atoms with E-state index in [1.807, 2.05) is 13.1 Å². The summed E-state index contributed by atoms with van der Waals surface area (Å²) in [5, 5.41) is 2.92. The van der Waals surface area contributed by atoms with Crippen molar-refractivity contribution in [2.75, 3.05) is 13.7 Å². The smallest absolute Gasteiger partial charge is 0.182 e. The molecule has 0 radical (unpaired) electrons. The average molecular weight is 125 g/mol. The summed E-state index contributed by atoms with van der Waals surface area (Å²) in [6.07, 6.45) is 2.93. The molecule has 0 aromatic rings. The Morgan fingerprint density at radius 3 is 3.00 bits per heavy atom. The molecule has 1 heterocycles. The third-order valence-electron chi connectivity index (χ3n) is 1.25. The number of hydrogen-bond donors (Lipinski definition) is 1. The first-order valence-corrected chi connectivity index (χ1v) is 3.00. The van der Waals surface area contributed by atoms with E-state index in [9.17, 15) is 0 Å². The summed E-state index contributed by atoms with van der Waals surface area (Å²) in [5.74, 6) is 0.863. The van der Waals surface area contributed by atoms with Crippen molar-refractivity contribution in [3.63, 3.8) is 0 Å². The monoisotopic (exact) mass is 125 g/mol. The Hall–Kier alpha value is -0.920. The number of allylic oxidation sites excluding steroid dienone is 1. The van der Waals surface area contributed by atoms with Crippen molar-refractivity contribution in [2.45, 2.75) is 6.42 Å². The van der Waals surface area contributed by atoms with E-state index < -0.39 is 0 Å². The van der Waals surface area contributed by atoms with Crippen molar-refractivity contribution in [1.82, 2.24) is 5.32 Å². The number of ether oxygens (including phenoxy) is 1. The lowest BCUT2D eigenvalue weighted by atomic mass is 10.2. The molecule has 0 aromatic heterocycles. The zero-order valence-electron chi connectivity index (χ0n) is 5.61. The average Bonchev–Trinajstić information content (AvgIpc) is 1.90. The van der Waals surface area contributed by atoms with Gasteiger partial charge in [0.1, 0.15) is 6.61 Å². The fourth-order valence-electron chi connectivity index (χ4n) is 0.709. The molecule has 1 aliphatic rings. The fourth-order valence-corrected chi connectivity index (χ4v) is 0.709. The van der Waals surface area contributed by atoms with Gasteiger partial charge in [-0.05, 0) is 18.1 Å². The molecule has 0 spiro atoms. The molecule has 0 atom stereocenters. The van der Waals surface area contributed by atoms with E-state index in [0.29, 0.717) is 6.61 Å². The molecule has 0 saturated heterocycles. The SMILES string of the molecule is C=C1CC=C(NC)OC1. The summed E-state index contributed by atoms with van der Waals surface area (Å²) in [7, 11) is 1.85. The predicted octanol–water partition coefficient (Wildman–Crippen LogP) is 1.02. The lowest BCUT2D eigenvalue weighted by molar-refractivity contribution is 0.208. The van der Waals surface area contributed by atoms with Crippen molar-refractivity contribution in [2.24, 2.45) is 0 Å². The molecule has 2 heteroatoms. The van der Waals surface area contributed by atoms with Crippen LogP contribution in [-0.4, -0.2) is 13.7 Å². The zero-order chi connectivity index (χ0) is 6.69. The van der Waals surface area contributed by atoms with Crippen LogP contribution in [0.15, 0.2) is 24.1 Å². The highest BCUT2D eigenvalue weighted by atomic mass is 16.5. The Balaban J connectivity index is 2.50. The van der Waals surface area contributed by atoms with Crippen molar-refractivity contribution in [3.8, 4) is 0 Å². The second-order valence-corrected chi connectivity index (χ2v) is 2.06. The molecule has 50 valence electrons. The van der Waals surface area contributed by atoms with Gasteiger partial charge in [-0.3, -0.25) is 0 Å². The second-order valence-electron chi connectivity index (χ2n) is 2.06. The molecule has 1 rings (SSSR count). The minimum atomic E-state index is 0.659. The summed E-state index contributed by atoms with van der Waals surface area (Å²) in [5.41, 5.74) is 1.13. The van der Waals surface area contributed by atoms with E-state index in [0.717, 1.165) is 17.9 Å². The Kier molecular flexibility index (Phi) is 1.78. The Morgan fingerprint density at radius 2 is 2.56 bits per heavy atom. The summed E-state index contributed by atoms with van der Waals surface area (Å²) in [6.45, 7) is 4.44. The van der Waals surface area contributed by atoms with Gasteiger partial charge in [0.15, 0.2) is 5.88 Å². The van der Waals surface area contributed by atoms with E-state index in [2.05, 4.69) is 11.9 Å². The Bertz CT molecular complexity index is 149. The van der Waals surface area contributed by atoms with E-state index in [4.69, 9.17) is 4.74 Å². The molecule has 1 N–H and O–H groups in total. The van der Waals surface area contributed by atoms with Crippen LogP contribution >= 0.6 is 0 Å². The molecule has 0 aromatic carbocycles. The van der Waals surface area contributed by atoms with Crippen molar-refractivity contribution in [1.29, 1.82) is 0 Å². The minimum absolute atomic E-state index is 0.659. The van der Waals surface area contributed by atoms with Gasteiger partial charge in [0.25, 0.3) is 0 Å². The van der Waals surface area contributed by atoms with Gasteiger partial charge in [0, 0.05) is 7.05 Å². The maximum atomic E-state index is 5.19. The summed E-state index contributed by atoms with van der Waals surface area (Å²) in [6, 6.07) is 0. The van der Waals surface area contributed by atoms with E-state index in [1.54, 1.807) is 0 Å². The number of rotatable bonds is 1. The van der Waals surface area contributed by atoms with Crippen LogP contribution in [0.5, 0.6) is 0 Å². The lowest BCUT2D eigenvalue weighted by Crippen LogP contribution is -2.14. The molecule has 2 nitrogen and oxygen atoms in total. The first-order valence-electron chi connectivity index (χ1n) is 3.00. The third kappa shape index (κ3) is 1.49. The van der Waals surface area contributed by atoms with Gasteiger partial charge in [-0.2, -0.15) is 0 Å². The van der Waals surface area contributed by atoms with Crippen LogP contribution < -0.4 is 5.32 Å². The first-order chi connectivity index (χ1) is 4.33. The molecule has 9 heavy (non-hydrogen) atoms. The molecule has 0 aliphatic carbocycles. The summed E-state index contributed by atoms with van der Waals surface area (Å²) < 4.78 is 5.19. The summed E-state index contributed by atoms with van der Waals surface area (Å²) >= 11 is 0. The van der Waals surface area contributed by atoms with Gasteiger partial charge in [-0.15, -0.1) is 0 Å². The number of nitrogens with one attached hydrogen (secondary N) is 1. The van der Waals surface area contributed by atoms with Crippen LogP contribution in [0, 0.1) is 0 Å². The summed E-state index contributed by atoms with van der Waals surface area (Å²) in [4.78, 5) is 0. The molecule has 0 amide bonds. The first kappa shape index (κ1) is 6.20. The molecule has 0 saturated carbocycles. The van der Waals surface area contributed by atoms with Gasteiger partial charge >= 0.3 is 0 Å². The maximum Gasteiger partial charge on any atom is 0.182 e. The highest BCUT2D eigenvalue weighted by Crippen LogP contribution is 2.10. The predicted molar refractivity (Wildman–Crippen MR) is 36.9 cm³/mol. The Labute approximate surface area is 55.2 Å². The largest absolute Gasteiger partial charge is 0.475 e. The highest BCUT2D eigenvalue weighted by Gasteiger charge is 2.03. The highest BCUT2D eigenvalue weighted by molar-refractivity contribution is 5.09. The van der Waals surface area contributed by atoms with Crippen molar-refractivity contribution < 1.29 is 4.74 Å². The molecule has 0 bridgehead atoms. The van der Waals surface area contributed by atoms with E-state index >= 15 is 0 Å². The normalized spacial score (nSPS) is 18.3. The Morgan fingerprint density at radius 1 is 1.78 bits per heavy atom. The van der Waals surface area contributed by atoms with Crippen LogP contribution in [-0.2, 0) is 4.74 Å². The standard InChI is InChI=1S/C7H11NO/c1-6-3-4-7(8-2)9-5-6/h4,8H,1,3,5H2,2H3. The molecular weight excluding hydrogens is 114 g/mol. The van der Waals surface area contributed by atoms with Gasteiger partial charge in [-0.1, -0.05) is 6.58 Å². The maximum absolute atomic E-state index is 5.19. The van der Waals surface area contributed by atoms with Gasteiger partial charge < -0.3 is 10.1 Å². The second kappa shape index (κ2) is 2.58. The van der Waals surface area contributed by atoms with Crippen LogP contribution in [0.25, 0.3) is 0 Å². The molecule has 1 aliphatic heterocycles. The van der Waals surface area contributed by atoms with Crippen LogP contribution in [0.1, 0.15) is 6.42 Å². The van der Waals surface area contributed by atoms with Crippen LogP contribution in [0.2, 0.25) is 0 Å². The van der Waals surface area contributed by atoms with Crippen LogP contribution in [0.3, 0.4) is 0 Å². The van der Waals surface area contributed by atoms with Gasteiger partial charge in [-0.25, -0.2) is 0 Å². The molecule has 0 unspecified atom stereocenters. The number of hydrogen-bond acceptors (Lipinski definition) is 2. The topological polar surface area (TPSA) is 21.3 Å². The van der Waals surface area contributed by atoms with Crippen LogP contribution in [0.4, 0.5) is 0 Å².